The first-order valence-corrected chi connectivity index (χ1v) is 6.43. The molecular formula is C14H19FN2O2. The van der Waals surface area contributed by atoms with Crippen molar-refractivity contribution in [2.45, 2.75) is 18.9 Å². The van der Waals surface area contributed by atoms with Crippen LogP contribution in [0.3, 0.4) is 0 Å². The summed E-state index contributed by atoms with van der Waals surface area (Å²) in [7, 11) is 4.00. The van der Waals surface area contributed by atoms with Crippen LogP contribution >= 0.6 is 0 Å². The Morgan fingerprint density at radius 3 is 2.84 bits per heavy atom. The fourth-order valence-electron chi connectivity index (χ4n) is 2.55. The number of rotatable bonds is 4. The third-order valence-corrected chi connectivity index (χ3v) is 3.78. The summed E-state index contributed by atoms with van der Waals surface area (Å²) in [5.74, 6) is -1.92. The summed E-state index contributed by atoms with van der Waals surface area (Å²) in [6, 6.07) is 4.74. The Labute approximate surface area is 112 Å². The van der Waals surface area contributed by atoms with Gasteiger partial charge in [-0.1, -0.05) is 0 Å². The summed E-state index contributed by atoms with van der Waals surface area (Å²) < 4.78 is 13.6. The zero-order valence-electron chi connectivity index (χ0n) is 11.3. The van der Waals surface area contributed by atoms with Crippen LogP contribution in [0.5, 0.6) is 0 Å². The molecule has 2 rings (SSSR count). The lowest BCUT2D eigenvalue weighted by molar-refractivity contribution is 0.0692. The maximum atomic E-state index is 13.6. The molecule has 1 aliphatic heterocycles. The number of anilines is 1. The Morgan fingerprint density at radius 2 is 2.32 bits per heavy atom. The Balaban J connectivity index is 2.09. The van der Waals surface area contributed by atoms with Crippen LogP contribution in [0.2, 0.25) is 0 Å². The van der Waals surface area contributed by atoms with Gasteiger partial charge in [0.2, 0.25) is 0 Å². The SMILES string of the molecule is CN(CC1CCCN1C)c1ccc(C(=O)O)c(F)c1. The molecule has 1 fully saturated rings. The van der Waals surface area contributed by atoms with E-state index in [0.29, 0.717) is 11.7 Å². The predicted molar refractivity (Wildman–Crippen MR) is 72.3 cm³/mol. The number of benzene rings is 1. The fourth-order valence-corrected chi connectivity index (χ4v) is 2.55. The van der Waals surface area contributed by atoms with E-state index in [0.717, 1.165) is 19.5 Å². The van der Waals surface area contributed by atoms with Gasteiger partial charge in [0.05, 0.1) is 5.56 Å². The lowest BCUT2D eigenvalue weighted by atomic mass is 10.1. The Bertz CT molecular complexity index is 479. The fraction of sp³-hybridized carbons (Fsp3) is 0.500. The van der Waals surface area contributed by atoms with Crippen LogP contribution in [-0.2, 0) is 0 Å². The molecule has 19 heavy (non-hydrogen) atoms. The molecule has 1 unspecified atom stereocenters. The summed E-state index contributed by atoms with van der Waals surface area (Å²) in [5, 5.41) is 8.80. The normalized spacial score (nSPS) is 19.6. The van der Waals surface area contributed by atoms with E-state index >= 15 is 0 Å². The monoisotopic (exact) mass is 266 g/mol. The van der Waals surface area contributed by atoms with Crippen molar-refractivity contribution in [3.05, 3.63) is 29.6 Å². The molecule has 0 amide bonds. The summed E-state index contributed by atoms with van der Waals surface area (Å²) in [5.41, 5.74) is 0.429. The highest BCUT2D eigenvalue weighted by Gasteiger charge is 2.22. The number of likely N-dealkylation sites (tertiary alicyclic amines) is 1. The van der Waals surface area contributed by atoms with Gasteiger partial charge in [-0.15, -0.1) is 0 Å². The average molecular weight is 266 g/mol. The molecule has 0 aromatic heterocycles. The smallest absolute Gasteiger partial charge is 0.338 e. The van der Waals surface area contributed by atoms with Crippen LogP contribution < -0.4 is 4.90 Å². The van der Waals surface area contributed by atoms with Gasteiger partial charge in [0.15, 0.2) is 0 Å². The molecule has 1 aromatic rings. The van der Waals surface area contributed by atoms with Crippen LogP contribution in [0, 0.1) is 5.82 Å². The molecule has 0 radical (unpaired) electrons. The molecular weight excluding hydrogens is 247 g/mol. The number of likely N-dealkylation sites (N-methyl/N-ethyl adjacent to an activating group) is 2. The van der Waals surface area contributed by atoms with Crippen molar-refractivity contribution in [3.8, 4) is 0 Å². The molecule has 1 atom stereocenters. The van der Waals surface area contributed by atoms with E-state index in [1.807, 2.05) is 11.9 Å². The second-order valence-corrected chi connectivity index (χ2v) is 5.13. The zero-order valence-corrected chi connectivity index (χ0v) is 11.3. The average Bonchev–Trinajstić information content (AvgIpc) is 2.74. The summed E-state index contributed by atoms with van der Waals surface area (Å²) in [4.78, 5) is 15.0. The number of carboxylic acids is 1. The van der Waals surface area contributed by atoms with Gasteiger partial charge in [0.1, 0.15) is 5.82 Å². The van der Waals surface area contributed by atoms with Gasteiger partial charge in [-0.25, -0.2) is 9.18 Å². The van der Waals surface area contributed by atoms with Gasteiger partial charge in [-0.2, -0.15) is 0 Å². The summed E-state index contributed by atoms with van der Waals surface area (Å²) in [6.07, 6.45) is 2.35. The molecule has 1 aromatic carbocycles. The number of carbonyl (C=O) groups is 1. The molecule has 0 bridgehead atoms. The number of aromatic carboxylic acids is 1. The van der Waals surface area contributed by atoms with E-state index in [9.17, 15) is 9.18 Å². The maximum Gasteiger partial charge on any atom is 0.338 e. The predicted octanol–water partition coefficient (Wildman–Crippen LogP) is 2.05. The molecule has 0 aliphatic carbocycles. The van der Waals surface area contributed by atoms with Crippen molar-refractivity contribution in [2.75, 3.05) is 32.1 Å². The molecule has 5 heteroatoms. The van der Waals surface area contributed by atoms with Crippen molar-refractivity contribution < 1.29 is 14.3 Å². The second kappa shape index (κ2) is 5.57. The van der Waals surface area contributed by atoms with Crippen molar-refractivity contribution in [1.29, 1.82) is 0 Å². The third kappa shape index (κ3) is 3.04. The quantitative estimate of drug-likeness (QED) is 0.906. The van der Waals surface area contributed by atoms with E-state index in [4.69, 9.17) is 5.11 Å². The van der Waals surface area contributed by atoms with Gasteiger partial charge in [-0.05, 0) is 44.6 Å². The highest BCUT2D eigenvalue weighted by Crippen LogP contribution is 2.21. The van der Waals surface area contributed by atoms with Crippen LogP contribution in [0.4, 0.5) is 10.1 Å². The summed E-state index contributed by atoms with van der Waals surface area (Å²) in [6.45, 7) is 1.92. The number of nitrogens with zero attached hydrogens (tertiary/aromatic N) is 2. The van der Waals surface area contributed by atoms with Crippen molar-refractivity contribution >= 4 is 11.7 Å². The van der Waals surface area contributed by atoms with E-state index in [2.05, 4.69) is 11.9 Å². The van der Waals surface area contributed by atoms with Crippen LogP contribution in [0.25, 0.3) is 0 Å². The second-order valence-electron chi connectivity index (χ2n) is 5.13. The molecule has 1 N–H and O–H groups in total. The van der Waals surface area contributed by atoms with Gasteiger partial charge < -0.3 is 14.9 Å². The summed E-state index contributed by atoms with van der Waals surface area (Å²) >= 11 is 0. The first-order valence-electron chi connectivity index (χ1n) is 6.43. The van der Waals surface area contributed by atoms with Crippen molar-refractivity contribution in [3.63, 3.8) is 0 Å². The van der Waals surface area contributed by atoms with Crippen molar-refractivity contribution in [1.82, 2.24) is 4.90 Å². The lowest BCUT2D eigenvalue weighted by Crippen LogP contribution is -2.36. The van der Waals surface area contributed by atoms with E-state index in [1.54, 1.807) is 6.07 Å². The first-order chi connectivity index (χ1) is 8.99. The minimum absolute atomic E-state index is 0.282. The largest absolute Gasteiger partial charge is 0.478 e. The van der Waals surface area contributed by atoms with Crippen molar-refractivity contribution in [2.24, 2.45) is 0 Å². The van der Waals surface area contributed by atoms with Crippen LogP contribution in [-0.4, -0.2) is 49.2 Å². The standard InChI is InChI=1S/C14H19FN2O2/c1-16-7-3-4-11(16)9-17(2)10-5-6-12(14(18)19)13(15)8-10/h5-6,8,11H,3-4,7,9H2,1-2H3,(H,18,19). The first kappa shape index (κ1) is 13.8. The van der Waals surface area contributed by atoms with Gasteiger partial charge in [0, 0.05) is 25.3 Å². The van der Waals surface area contributed by atoms with Gasteiger partial charge in [0.25, 0.3) is 0 Å². The van der Waals surface area contributed by atoms with E-state index in [-0.39, 0.29) is 5.56 Å². The number of halogens is 1. The minimum Gasteiger partial charge on any atom is -0.478 e. The lowest BCUT2D eigenvalue weighted by Gasteiger charge is -2.27. The van der Waals surface area contributed by atoms with Gasteiger partial charge >= 0.3 is 5.97 Å². The van der Waals surface area contributed by atoms with Gasteiger partial charge in [-0.3, -0.25) is 0 Å². The minimum atomic E-state index is -1.23. The molecule has 1 aliphatic rings. The number of carboxylic acid groups (broad SMARTS) is 1. The molecule has 1 heterocycles. The Morgan fingerprint density at radius 1 is 1.58 bits per heavy atom. The van der Waals surface area contributed by atoms with E-state index in [1.165, 1.54) is 18.6 Å². The van der Waals surface area contributed by atoms with E-state index < -0.39 is 11.8 Å². The molecule has 0 spiro atoms. The zero-order chi connectivity index (χ0) is 14.0. The molecule has 0 saturated carbocycles. The highest BCUT2D eigenvalue weighted by atomic mass is 19.1. The molecule has 1 saturated heterocycles. The molecule has 4 nitrogen and oxygen atoms in total. The third-order valence-electron chi connectivity index (χ3n) is 3.78. The van der Waals surface area contributed by atoms with Crippen LogP contribution in [0.15, 0.2) is 18.2 Å². The van der Waals surface area contributed by atoms with Crippen LogP contribution in [0.1, 0.15) is 23.2 Å². The number of hydrogen-bond donors (Lipinski definition) is 1. The highest BCUT2D eigenvalue weighted by molar-refractivity contribution is 5.88. The Kier molecular flexibility index (Phi) is 4.04. The number of hydrogen-bond acceptors (Lipinski definition) is 3. The maximum absolute atomic E-state index is 13.6. The molecule has 104 valence electrons. The topological polar surface area (TPSA) is 43.8 Å². The Hall–Kier alpha value is -1.62.